The first-order chi connectivity index (χ1) is 16.3. The van der Waals surface area contributed by atoms with E-state index in [0.717, 1.165) is 33.0 Å². The summed E-state index contributed by atoms with van der Waals surface area (Å²) in [5.74, 6) is -0.00195. The topological polar surface area (TPSA) is 75.0 Å². The summed E-state index contributed by atoms with van der Waals surface area (Å²) in [5.41, 5.74) is 4.82. The Hall–Kier alpha value is -3.01. The van der Waals surface area contributed by atoms with Gasteiger partial charge in [0, 0.05) is 49.0 Å². The fraction of sp³-hybridized carbons (Fsp3) is 0.280. The molecule has 9 heteroatoms. The molecule has 0 radical (unpaired) electrons. The molecule has 1 saturated heterocycles. The van der Waals surface area contributed by atoms with Crippen LogP contribution in [0.2, 0.25) is 0 Å². The Labute approximate surface area is 203 Å². The molecule has 0 aliphatic carbocycles. The van der Waals surface area contributed by atoms with Crippen molar-refractivity contribution in [1.82, 2.24) is 18.6 Å². The largest absolute Gasteiger partial charge is 0.340 e. The maximum Gasteiger partial charge on any atom is 0.243 e. The first kappa shape index (κ1) is 22.8. The van der Waals surface area contributed by atoms with Crippen LogP contribution in [-0.2, 0) is 21.2 Å². The van der Waals surface area contributed by atoms with Gasteiger partial charge in [0.2, 0.25) is 15.9 Å². The Kier molecular flexibility index (Phi) is 6.01. The molecule has 34 heavy (non-hydrogen) atoms. The number of imidazole rings is 1. The summed E-state index contributed by atoms with van der Waals surface area (Å²) in [5, 5.41) is 1.97. The fourth-order valence-electron chi connectivity index (χ4n) is 4.17. The Morgan fingerprint density at radius 3 is 2.44 bits per heavy atom. The normalized spacial score (nSPS) is 15.2. The third kappa shape index (κ3) is 4.26. The molecule has 2 aromatic carbocycles. The number of aryl methyl sites for hydroxylation is 2. The molecular weight excluding hydrogens is 468 g/mol. The molecule has 3 heterocycles. The van der Waals surface area contributed by atoms with Crippen LogP contribution in [0.15, 0.2) is 65.0 Å². The maximum absolute atomic E-state index is 13.1. The van der Waals surface area contributed by atoms with Crippen LogP contribution in [0.1, 0.15) is 16.8 Å². The molecule has 1 aliphatic rings. The van der Waals surface area contributed by atoms with Crippen molar-refractivity contribution in [2.24, 2.45) is 0 Å². The smallest absolute Gasteiger partial charge is 0.243 e. The molecule has 7 nitrogen and oxygen atoms in total. The second-order valence-corrected chi connectivity index (χ2v) is 11.4. The van der Waals surface area contributed by atoms with E-state index in [1.807, 2.05) is 66.2 Å². The van der Waals surface area contributed by atoms with Crippen molar-refractivity contribution in [2.45, 2.75) is 25.2 Å². The summed E-state index contributed by atoms with van der Waals surface area (Å²) >= 11 is 1.52. The van der Waals surface area contributed by atoms with Crippen molar-refractivity contribution in [2.75, 3.05) is 26.2 Å². The number of hydrogen-bond donors (Lipinski definition) is 0. The molecule has 1 fully saturated rings. The molecule has 1 amide bonds. The van der Waals surface area contributed by atoms with Gasteiger partial charge in [0.15, 0.2) is 4.96 Å². The van der Waals surface area contributed by atoms with Crippen LogP contribution >= 0.6 is 11.3 Å². The van der Waals surface area contributed by atoms with Crippen LogP contribution in [0.3, 0.4) is 0 Å². The molecular formula is C25H26N4O3S2. The summed E-state index contributed by atoms with van der Waals surface area (Å²) in [6.45, 7) is 5.23. The lowest BCUT2D eigenvalue weighted by molar-refractivity contribution is -0.131. The molecule has 0 saturated carbocycles. The Morgan fingerprint density at radius 1 is 1.00 bits per heavy atom. The van der Waals surface area contributed by atoms with Gasteiger partial charge < -0.3 is 4.90 Å². The van der Waals surface area contributed by atoms with Gasteiger partial charge in [0.05, 0.1) is 17.0 Å². The zero-order chi connectivity index (χ0) is 23.9. The number of aromatic nitrogens is 2. The second-order valence-electron chi connectivity index (χ2n) is 8.58. The van der Waals surface area contributed by atoms with Gasteiger partial charge in [0.1, 0.15) is 0 Å². The monoisotopic (exact) mass is 494 g/mol. The zero-order valence-corrected chi connectivity index (χ0v) is 20.8. The van der Waals surface area contributed by atoms with Crippen LogP contribution in [0.25, 0.3) is 16.2 Å². The van der Waals surface area contributed by atoms with Crippen molar-refractivity contribution in [3.8, 4) is 11.3 Å². The molecule has 2 aromatic heterocycles. The van der Waals surface area contributed by atoms with E-state index in [4.69, 9.17) is 0 Å². The lowest BCUT2D eigenvalue weighted by atomic mass is 10.1. The van der Waals surface area contributed by atoms with E-state index >= 15 is 0 Å². The van der Waals surface area contributed by atoms with Crippen LogP contribution in [0.4, 0.5) is 0 Å². The van der Waals surface area contributed by atoms with Gasteiger partial charge in [-0.25, -0.2) is 13.4 Å². The Bertz CT molecular complexity index is 1450. The number of fused-ring (bicyclic) bond motifs is 1. The predicted octanol–water partition coefficient (Wildman–Crippen LogP) is 3.76. The second kappa shape index (κ2) is 8.98. The van der Waals surface area contributed by atoms with Crippen LogP contribution in [0, 0.1) is 13.8 Å². The fourth-order valence-corrected chi connectivity index (χ4v) is 6.55. The number of rotatable bonds is 5. The number of nitrogens with zero attached hydrogens (tertiary/aromatic N) is 4. The van der Waals surface area contributed by atoms with E-state index < -0.39 is 10.0 Å². The minimum absolute atomic E-state index is 0.00195. The lowest BCUT2D eigenvalue weighted by Crippen LogP contribution is -2.50. The molecule has 0 bridgehead atoms. The molecule has 0 unspecified atom stereocenters. The van der Waals surface area contributed by atoms with E-state index in [1.54, 1.807) is 17.0 Å². The third-order valence-electron chi connectivity index (χ3n) is 6.39. The van der Waals surface area contributed by atoms with Crippen LogP contribution in [0.5, 0.6) is 0 Å². The van der Waals surface area contributed by atoms with E-state index in [-0.39, 0.29) is 12.3 Å². The van der Waals surface area contributed by atoms with Gasteiger partial charge in [-0.3, -0.25) is 9.20 Å². The average molecular weight is 495 g/mol. The number of hydrogen-bond acceptors (Lipinski definition) is 5. The summed E-state index contributed by atoms with van der Waals surface area (Å²) in [4.78, 5) is 20.6. The number of sulfonamides is 1. The molecule has 0 atom stereocenters. The van der Waals surface area contributed by atoms with Crippen molar-refractivity contribution in [3.63, 3.8) is 0 Å². The summed E-state index contributed by atoms with van der Waals surface area (Å²) < 4.78 is 29.6. The number of benzene rings is 2. The molecule has 176 valence electrons. The highest BCUT2D eigenvalue weighted by molar-refractivity contribution is 7.89. The quantitative estimate of drug-likeness (QED) is 0.424. The minimum Gasteiger partial charge on any atom is -0.340 e. The first-order valence-electron chi connectivity index (χ1n) is 11.2. The number of amides is 1. The molecule has 1 aliphatic heterocycles. The number of piperazine rings is 1. The summed E-state index contributed by atoms with van der Waals surface area (Å²) in [6.07, 6.45) is 2.23. The van der Waals surface area contributed by atoms with Gasteiger partial charge in [0.25, 0.3) is 0 Å². The number of carbonyl (C=O) groups is 1. The lowest BCUT2D eigenvalue weighted by Gasteiger charge is -2.34. The highest BCUT2D eigenvalue weighted by Gasteiger charge is 2.30. The highest BCUT2D eigenvalue weighted by atomic mass is 32.2. The van der Waals surface area contributed by atoms with Crippen molar-refractivity contribution in [3.05, 3.63) is 76.9 Å². The Balaban J connectivity index is 1.25. The van der Waals surface area contributed by atoms with Crippen LogP contribution < -0.4 is 0 Å². The number of carbonyl (C=O) groups excluding carboxylic acids is 1. The van der Waals surface area contributed by atoms with E-state index in [9.17, 15) is 13.2 Å². The minimum atomic E-state index is -3.57. The molecule has 0 spiro atoms. The summed E-state index contributed by atoms with van der Waals surface area (Å²) in [7, 11) is -3.57. The number of thiazole rings is 1. The Morgan fingerprint density at radius 2 is 1.74 bits per heavy atom. The van der Waals surface area contributed by atoms with Gasteiger partial charge >= 0.3 is 0 Å². The summed E-state index contributed by atoms with van der Waals surface area (Å²) in [6, 6.07) is 15.2. The highest BCUT2D eigenvalue weighted by Crippen LogP contribution is 2.25. The van der Waals surface area contributed by atoms with Crippen molar-refractivity contribution >= 4 is 32.2 Å². The average Bonchev–Trinajstić information content (AvgIpc) is 3.43. The zero-order valence-electron chi connectivity index (χ0n) is 19.1. The first-order valence-corrected chi connectivity index (χ1v) is 13.5. The maximum atomic E-state index is 13.1. The van der Waals surface area contributed by atoms with E-state index in [2.05, 4.69) is 4.98 Å². The standard InChI is InChI=1S/C25H26N4O3S2/c1-18-8-9-22(14-19(18)2)34(31,32)28-12-10-27(11-13-28)24(30)15-21-17-33-25-26-23(16-29(21)25)20-6-4-3-5-7-20/h3-9,14,16-17H,10-13,15H2,1-2H3. The molecule has 5 rings (SSSR count). The van der Waals surface area contributed by atoms with Gasteiger partial charge in [-0.1, -0.05) is 36.4 Å². The van der Waals surface area contributed by atoms with Gasteiger partial charge in [-0.05, 0) is 37.1 Å². The predicted molar refractivity (Wildman–Crippen MR) is 133 cm³/mol. The SMILES string of the molecule is Cc1ccc(S(=O)(=O)N2CCN(C(=O)Cc3csc4nc(-c5ccccc5)cn34)CC2)cc1C. The van der Waals surface area contributed by atoms with Gasteiger partial charge in [-0.2, -0.15) is 4.31 Å². The van der Waals surface area contributed by atoms with Gasteiger partial charge in [-0.15, -0.1) is 11.3 Å². The van der Waals surface area contributed by atoms with Crippen LogP contribution in [-0.4, -0.2) is 59.1 Å². The third-order valence-corrected chi connectivity index (χ3v) is 9.18. The molecule has 0 N–H and O–H groups in total. The van der Waals surface area contributed by atoms with E-state index in [1.165, 1.54) is 15.6 Å². The van der Waals surface area contributed by atoms with Crippen molar-refractivity contribution < 1.29 is 13.2 Å². The molecule has 4 aromatic rings. The van der Waals surface area contributed by atoms with Crippen molar-refractivity contribution in [1.29, 1.82) is 0 Å². The van der Waals surface area contributed by atoms with E-state index in [0.29, 0.717) is 31.1 Å².